The zero-order chi connectivity index (χ0) is 17.8. The van der Waals surface area contributed by atoms with Crippen LogP contribution in [-0.4, -0.2) is 25.5 Å². The molecular formula is C19H19FN2O3. The Labute approximate surface area is 145 Å². The highest BCUT2D eigenvalue weighted by atomic mass is 19.1. The SMILES string of the molecule is COc1ccccc1CNC(=O)C1CCN(c2ccc(F)cc2)C1=O. The Morgan fingerprint density at radius 2 is 1.96 bits per heavy atom. The molecule has 1 N–H and O–H groups in total. The molecule has 5 nitrogen and oxygen atoms in total. The first kappa shape index (κ1) is 17.0. The van der Waals surface area contributed by atoms with E-state index in [4.69, 9.17) is 4.74 Å². The van der Waals surface area contributed by atoms with Crippen LogP contribution < -0.4 is 15.0 Å². The number of rotatable bonds is 5. The van der Waals surface area contributed by atoms with E-state index in [-0.39, 0.29) is 17.6 Å². The molecule has 0 radical (unpaired) electrons. The van der Waals surface area contributed by atoms with E-state index in [0.29, 0.717) is 30.9 Å². The Bertz CT molecular complexity index is 776. The Balaban J connectivity index is 1.63. The summed E-state index contributed by atoms with van der Waals surface area (Å²) in [5.41, 5.74) is 1.45. The molecule has 0 aromatic heterocycles. The summed E-state index contributed by atoms with van der Waals surface area (Å²) < 4.78 is 18.3. The van der Waals surface area contributed by atoms with Crippen molar-refractivity contribution in [2.24, 2.45) is 5.92 Å². The Morgan fingerprint density at radius 3 is 2.68 bits per heavy atom. The van der Waals surface area contributed by atoms with Gasteiger partial charge in [-0.2, -0.15) is 0 Å². The summed E-state index contributed by atoms with van der Waals surface area (Å²) in [6.07, 6.45) is 0.438. The Hall–Kier alpha value is -2.89. The topological polar surface area (TPSA) is 58.6 Å². The molecule has 1 unspecified atom stereocenters. The van der Waals surface area contributed by atoms with Crippen molar-refractivity contribution in [2.75, 3.05) is 18.6 Å². The molecule has 1 aliphatic heterocycles. The van der Waals surface area contributed by atoms with Crippen molar-refractivity contribution in [2.45, 2.75) is 13.0 Å². The van der Waals surface area contributed by atoms with E-state index in [2.05, 4.69) is 5.32 Å². The number of carbonyl (C=O) groups excluding carboxylic acids is 2. The second-order valence-corrected chi connectivity index (χ2v) is 5.84. The molecule has 6 heteroatoms. The molecule has 2 amide bonds. The lowest BCUT2D eigenvalue weighted by Gasteiger charge is -2.17. The van der Waals surface area contributed by atoms with Crippen LogP contribution in [0.3, 0.4) is 0 Å². The second-order valence-electron chi connectivity index (χ2n) is 5.84. The molecule has 2 aromatic carbocycles. The number of benzene rings is 2. The predicted molar refractivity (Wildman–Crippen MR) is 91.7 cm³/mol. The maximum absolute atomic E-state index is 13.0. The number of ether oxygens (including phenoxy) is 1. The Kier molecular flexibility index (Phi) is 4.97. The molecule has 25 heavy (non-hydrogen) atoms. The van der Waals surface area contributed by atoms with E-state index in [1.54, 1.807) is 19.2 Å². The lowest BCUT2D eigenvalue weighted by Crippen LogP contribution is -2.36. The number of carbonyl (C=O) groups is 2. The minimum absolute atomic E-state index is 0.260. The van der Waals surface area contributed by atoms with Gasteiger partial charge >= 0.3 is 0 Å². The van der Waals surface area contributed by atoms with Gasteiger partial charge in [-0.05, 0) is 36.8 Å². The molecule has 1 atom stereocenters. The first-order valence-electron chi connectivity index (χ1n) is 8.06. The van der Waals surface area contributed by atoms with Crippen LogP contribution in [0.15, 0.2) is 48.5 Å². The monoisotopic (exact) mass is 342 g/mol. The van der Waals surface area contributed by atoms with E-state index < -0.39 is 5.92 Å². The third-order valence-corrected chi connectivity index (χ3v) is 4.31. The smallest absolute Gasteiger partial charge is 0.239 e. The van der Waals surface area contributed by atoms with Crippen molar-refractivity contribution in [1.82, 2.24) is 5.32 Å². The van der Waals surface area contributed by atoms with Gasteiger partial charge in [0.1, 0.15) is 17.5 Å². The number of para-hydroxylation sites is 1. The first-order chi connectivity index (χ1) is 12.1. The molecule has 1 saturated heterocycles. The molecule has 0 aliphatic carbocycles. The molecule has 0 spiro atoms. The number of hydrogen-bond acceptors (Lipinski definition) is 3. The summed E-state index contributed by atoms with van der Waals surface area (Å²) in [5.74, 6) is -0.959. The van der Waals surface area contributed by atoms with Gasteiger partial charge < -0.3 is 15.0 Å². The van der Waals surface area contributed by atoms with E-state index in [9.17, 15) is 14.0 Å². The number of halogens is 1. The lowest BCUT2D eigenvalue weighted by atomic mass is 10.1. The van der Waals surface area contributed by atoms with Gasteiger partial charge in [-0.25, -0.2) is 4.39 Å². The normalized spacial score (nSPS) is 16.8. The zero-order valence-corrected chi connectivity index (χ0v) is 13.9. The molecule has 0 bridgehead atoms. The minimum atomic E-state index is -0.722. The van der Waals surface area contributed by atoms with Crippen LogP contribution in [0.5, 0.6) is 5.75 Å². The standard InChI is InChI=1S/C19H19FN2O3/c1-25-17-5-3-2-4-13(17)12-21-18(23)16-10-11-22(19(16)24)15-8-6-14(20)7-9-15/h2-9,16H,10-12H2,1H3,(H,21,23). The van der Waals surface area contributed by atoms with Gasteiger partial charge in [0.2, 0.25) is 11.8 Å². The van der Waals surface area contributed by atoms with Crippen LogP contribution in [0, 0.1) is 11.7 Å². The summed E-state index contributed by atoms with van der Waals surface area (Å²) in [7, 11) is 1.57. The number of nitrogens with zero attached hydrogens (tertiary/aromatic N) is 1. The van der Waals surface area contributed by atoms with Crippen molar-refractivity contribution >= 4 is 17.5 Å². The van der Waals surface area contributed by atoms with E-state index >= 15 is 0 Å². The van der Waals surface area contributed by atoms with Crippen LogP contribution in [0.2, 0.25) is 0 Å². The molecular weight excluding hydrogens is 323 g/mol. The van der Waals surface area contributed by atoms with Crippen molar-refractivity contribution in [1.29, 1.82) is 0 Å². The van der Waals surface area contributed by atoms with Crippen molar-refractivity contribution < 1.29 is 18.7 Å². The minimum Gasteiger partial charge on any atom is -0.496 e. The summed E-state index contributed by atoms with van der Waals surface area (Å²) in [4.78, 5) is 26.4. The highest BCUT2D eigenvalue weighted by molar-refractivity contribution is 6.09. The highest BCUT2D eigenvalue weighted by Gasteiger charge is 2.37. The van der Waals surface area contributed by atoms with Gasteiger partial charge in [-0.3, -0.25) is 9.59 Å². The molecule has 130 valence electrons. The number of methoxy groups -OCH3 is 1. The zero-order valence-electron chi connectivity index (χ0n) is 13.9. The third kappa shape index (κ3) is 3.63. The molecule has 2 aromatic rings. The van der Waals surface area contributed by atoms with E-state index in [1.165, 1.54) is 17.0 Å². The first-order valence-corrected chi connectivity index (χ1v) is 8.06. The maximum atomic E-state index is 13.0. The number of nitrogens with one attached hydrogen (secondary N) is 1. The highest BCUT2D eigenvalue weighted by Crippen LogP contribution is 2.26. The van der Waals surface area contributed by atoms with E-state index in [1.807, 2.05) is 24.3 Å². The molecule has 1 fully saturated rings. The third-order valence-electron chi connectivity index (χ3n) is 4.31. The van der Waals surface area contributed by atoms with Crippen LogP contribution in [-0.2, 0) is 16.1 Å². The molecule has 1 heterocycles. The number of amides is 2. The fraction of sp³-hybridized carbons (Fsp3) is 0.263. The van der Waals surface area contributed by atoms with Gasteiger partial charge in [-0.1, -0.05) is 18.2 Å². The van der Waals surface area contributed by atoms with Crippen molar-refractivity contribution in [3.8, 4) is 5.75 Å². The number of anilines is 1. The van der Waals surface area contributed by atoms with Gasteiger partial charge in [0.25, 0.3) is 0 Å². The summed E-state index contributed by atoms with van der Waals surface area (Å²) in [5, 5.41) is 2.80. The summed E-state index contributed by atoms with van der Waals surface area (Å²) >= 11 is 0. The predicted octanol–water partition coefficient (Wildman–Crippen LogP) is 2.50. The quantitative estimate of drug-likeness (QED) is 0.850. The molecule has 0 saturated carbocycles. The molecule has 3 rings (SSSR count). The van der Waals surface area contributed by atoms with Gasteiger partial charge in [-0.15, -0.1) is 0 Å². The maximum Gasteiger partial charge on any atom is 0.239 e. The van der Waals surface area contributed by atoms with Gasteiger partial charge in [0.15, 0.2) is 0 Å². The summed E-state index contributed by atoms with van der Waals surface area (Å²) in [6.45, 7) is 0.736. The second kappa shape index (κ2) is 7.34. The summed E-state index contributed by atoms with van der Waals surface area (Å²) in [6, 6.07) is 13.1. The lowest BCUT2D eigenvalue weighted by molar-refractivity contribution is -0.132. The van der Waals surface area contributed by atoms with Gasteiger partial charge in [0.05, 0.1) is 7.11 Å². The van der Waals surface area contributed by atoms with Crippen LogP contribution in [0.25, 0.3) is 0 Å². The van der Waals surface area contributed by atoms with Gasteiger partial charge in [0, 0.05) is 24.3 Å². The van der Waals surface area contributed by atoms with Crippen molar-refractivity contribution in [3.63, 3.8) is 0 Å². The average Bonchev–Trinajstić information content (AvgIpc) is 3.02. The van der Waals surface area contributed by atoms with Crippen LogP contribution >= 0.6 is 0 Å². The van der Waals surface area contributed by atoms with Crippen LogP contribution in [0.4, 0.5) is 10.1 Å². The van der Waals surface area contributed by atoms with Crippen LogP contribution in [0.1, 0.15) is 12.0 Å². The average molecular weight is 342 g/mol. The number of hydrogen-bond donors (Lipinski definition) is 1. The van der Waals surface area contributed by atoms with Crippen molar-refractivity contribution in [3.05, 3.63) is 59.9 Å². The Morgan fingerprint density at radius 1 is 1.24 bits per heavy atom. The fourth-order valence-electron chi connectivity index (χ4n) is 2.96. The van der Waals surface area contributed by atoms with E-state index in [0.717, 1.165) is 5.56 Å². The largest absolute Gasteiger partial charge is 0.496 e. The molecule has 1 aliphatic rings. The fourth-order valence-corrected chi connectivity index (χ4v) is 2.96.